The first-order valence-corrected chi connectivity index (χ1v) is 4.83. The normalized spacial score (nSPS) is 10.8. The zero-order valence-electron chi connectivity index (χ0n) is 8.84. The Morgan fingerprint density at radius 1 is 1.47 bits per heavy atom. The number of nitro groups is 1. The van der Waals surface area contributed by atoms with Crippen LogP contribution in [0.4, 0.5) is 5.88 Å². The molecule has 0 saturated carbocycles. The summed E-state index contributed by atoms with van der Waals surface area (Å²) in [5.74, 6) is 0.266. The average molecular weight is 210 g/mol. The lowest BCUT2D eigenvalue weighted by Crippen LogP contribution is -2.14. The lowest BCUT2D eigenvalue weighted by molar-refractivity contribution is -0.402. The molecule has 0 spiro atoms. The number of hydrogen-bond donors (Lipinski definition) is 0. The SMILES string of the molecule is CCN(/C=C/c1ccc([N+](=O)[O-])o1)CC. The van der Waals surface area contributed by atoms with Crippen molar-refractivity contribution in [3.63, 3.8) is 0 Å². The van der Waals surface area contributed by atoms with Gasteiger partial charge >= 0.3 is 5.88 Å². The first-order chi connectivity index (χ1) is 7.17. The fourth-order valence-electron chi connectivity index (χ4n) is 1.14. The largest absolute Gasteiger partial charge is 0.433 e. The van der Waals surface area contributed by atoms with Gasteiger partial charge in [0.2, 0.25) is 0 Å². The summed E-state index contributed by atoms with van der Waals surface area (Å²) in [6.45, 7) is 5.88. The molecule has 0 aliphatic heterocycles. The number of furan rings is 1. The van der Waals surface area contributed by atoms with E-state index in [0.29, 0.717) is 5.76 Å². The van der Waals surface area contributed by atoms with Gasteiger partial charge in [-0.25, -0.2) is 0 Å². The Balaban J connectivity index is 2.68. The molecule has 5 heteroatoms. The molecule has 15 heavy (non-hydrogen) atoms. The molecule has 0 bridgehead atoms. The van der Waals surface area contributed by atoms with Crippen LogP contribution in [0, 0.1) is 10.1 Å². The van der Waals surface area contributed by atoms with E-state index in [1.54, 1.807) is 12.1 Å². The molecule has 0 radical (unpaired) electrons. The summed E-state index contributed by atoms with van der Waals surface area (Å²) < 4.78 is 4.97. The van der Waals surface area contributed by atoms with Crippen molar-refractivity contribution in [2.45, 2.75) is 13.8 Å². The molecular weight excluding hydrogens is 196 g/mol. The van der Waals surface area contributed by atoms with Crippen LogP contribution in [0.2, 0.25) is 0 Å². The lowest BCUT2D eigenvalue weighted by atomic mass is 10.4. The molecule has 0 atom stereocenters. The minimum absolute atomic E-state index is 0.228. The predicted octanol–water partition coefficient (Wildman–Crippen LogP) is 2.50. The number of rotatable bonds is 5. The maximum absolute atomic E-state index is 10.3. The highest BCUT2D eigenvalue weighted by Gasteiger charge is 2.09. The molecule has 1 aromatic heterocycles. The van der Waals surface area contributed by atoms with Crippen molar-refractivity contribution in [1.82, 2.24) is 4.90 Å². The van der Waals surface area contributed by atoms with Crippen LogP contribution in [-0.4, -0.2) is 22.9 Å². The zero-order chi connectivity index (χ0) is 11.3. The van der Waals surface area contributed by atoms with E-state index in [2.05, 4.69) is 4.90 Å². The van der Waals surface area contributed by atoms with Crippen molar-refractivity contribution < 1.29 is 9.34 Å². The van der Waals surface area contributed by atoms with Gasteiger partial charge in [0, 0.05) is 19.3 Å². The Hall–Kier alpha value is -1.78. The van der Waals surface area contributed by atoms with E-state index in [1.165, 1.54) is 6.07 Å². The van der Waals surface area contributed by atoms with Crippen molar-refractivity contribution in [2.24, 2.45) is 0 Å². The second-order valence-electron chi connectivity index (χ2n) is 2.97. The topological polar surface area (TPSA) is 59.5 Å². The maximum atomic E-state index is 10.3. The fraction of sp³-hybridized carbons (Fsp3) is 0.400. The molecule has 0 amide bonds. The monoisotopic (exact) mass is 210 g/mol. The fourth-order valence-corrected chi connectivity index (χ4v) is 1.14. The molecule has 1 rings (SSSR count). The highest BCUT2D eigenvalue weighted by atomic mass is 16.6. The summed E-state index contributed by atoms with van der Waals surface area (Å²) in [6.07, 6.45) is 3.59. The molecule has 0 N–H and O–H groups in total. The van der Waals surface area contributed by atoms with Gasteiger partial charge in [-0.05, 0) is 26.0 Å². The third kappa shape index (κ3) is 3.12. The summed E-state index contributed by atoms with van der Waals surface area (Å²) in [6, 6.07) is 2.93. The highest BCUT2D eigenvalue weighted by Crippen LogP contribution is 2.16. The van der Waals surface area contributed by atoms with Gasteiger partial charge in [0.25, 0.3) is 0 Å². The van der Waals surface area contributed by atoms with Gasteiger partial charge in [-0.2, -0.15) is 0 Å². The van der Waals surface area contributed by atoms with Crippen molar-refractivity contribution in [3.05, 3.63) is 34.2 Å². The van der Waals surface area contributed by atoms with Gasteiger partial charge in [-0.3, -0.25) is 10.1 Å². The predicted molar refractivity (Wildman–Crippen MR) is 57.3 cm³/mol. The Kier molecular flexibility index (Phi) is 3.91. The van der Waals surface area contributed by atoms with Crippen LogP contribution >= 0.6 is 0 Å². The summed E-state index contributed by atoms with van der Waals surface area (Å²) in [4.78, 5) is 11.9. The zero-order valence-corrected chi connectivity index (χ0v) is 8.84. The van der Waals surface area contributed by atoms with E-state index >= 15 is 0 Å². The average Bonchev–Trinajstić information content (AvgIpc) is 2.68. The van der Waals surface area contributed by atoms with Crippen molar-refractivity contribution in [1.29, 1.82) is 0 Å². The Labute approximate surface area is 88.1 Å². The lowest BCUT2D eigenvalue weighted by Gasteiger charge is -2.13. The molecule has 0 aliphatic carbocycles. The number of hydrogen-bond acceptors (Lipinski definition) is 4. The van der Waals surface area contributed by atoms with E-state index in [1.807, 2.05) is 20.0 Å². The van der Waals surface area contributed by atoms with Crippen LogP contribution in [0.25, 0.3) is 6.08 Å². The third-order valence-electron chi connectivity index (χ3n) is 2.05. The van der Waals surface area contributed by atoms with Gasteiger partial charge in [-0.15, -0.1) is 0 Å². The first-order valence-electron chi connectivity index (χ1n) is 4.83. The summed E-state index contributed by atoms with van der Waals surface area (Å²) in [7, 11) is 0. The van der Waals surface area contributed by atoms with E-state index in [9.17, 15) is 10.1 Å². The van der Waals surface area contributed by atoms with Gasteiger partial charge in [0.05, 0.1) is 6.07 Å². The van der Waals surface area contributed by atoms with E-state index in [0.717, 1.165) is 13.1 Å². The minimum atomic E-state index is -0.547. The van der Waals surface area contributed by atoms with E-state index in [-0.39, 0.29) is 5.88 Å². The molecule has 0 aliphatic rings. The van der Waals surface area contributed by atoms with Gasteiger partial charge in [0.1, 0.15) is 10.7 Å². The van der Waals surface area contributed by atoms with Crippen molar-refractivity contribution in [3.8, 4) is 0 Å². The molecule has 1 aromatic rings. The van der Waals surface area contributed by atoms with Gasteiger partial charge in [0.15, 0.2) is 0 Å². The molecule has 0 aromatic carbocycles. The quantitative estimate of drug-likeness (QED) is 0.553. The Bertz CT molecular complexity index is 353. The Morgan fingerprint density at radius 2 is 2.13 bits per heavy atom. The maximum Gasteiger partial charge on any atom is 0.433 e. The van der Waals surface area contributed by atoms with Gasteiger partial charge in [-0.1, -0.05) is 0 Å². The molecule has 82 valence electrons. The molecule has 1 heterocycles. The molecular formula is C10H14N2O3. The van der Waals surface area contributed by atoms with Crippen LogP contribution in [0.15, 0.2) is 22.7 Å². The standard InChI is InChI=1S/C10H14N2O3/c1-3-11(4-2)8-7-9-5-6-10(15-9)12(13)14/h5-8H,3-4H2,1-2H3/b8-7+. The van der Waals surface area contributed by atoms with Crippen molar-refractivity contribution >= 4 is 12.0 Å². The summed E-state index contributed by atoms with van der Waals surface area (Å²) in [5, 5.41) is 10.3. The minimum Gasteiger partial charge on any atom is -0.401 e. The molecule has 0 unspecified atom stereocenters. The van der Waals surface area contributed by atoms with Gasteiger partial charge < -0.3 is 9.32 Å². The molecule has 0 saturated heterocycles. The van der Waals surface area contributed by atoms with Crippen LogP contribution in [0.5, 0.6) is 0 Å². The molecule has 5 nitrogen and oxygen atoms in total. The van der Waals surface area contributed by atoms with Crippen LogP contribution in [0.3, 0.4) is 0 Å². The summed E-state index contributed by atoms with van der Waals surface area (Å²) >= 11 is 0. The van der Waals surface area contributed by atoms with E-state index < -0.39 is 4.92 Å². The highest BCUT2D eigenvalue weighted by molar-refractivity contribution is 5.44. The summed E-state index contributed by atoms with van der Waals surface area (Å²) in [5.41, 5.74) is 0. The van der Waals surface area contributed by atoms with Crippen molar-refractivity contribution in [2.75, 3.05) is 13.1 Å². The Morgan fingerprint density at radius 3 is 2.60 bits per heavy atom. The van der Waals surface area contributed by atoms with E-state index in [4.69, 9.17) is 4.42 Å². The number of nitrogens with zero attached hydrogens (tertiary/aromatic N) is 2. The second kappa shape index (κ2) is 5.19. The third-order valence-corrected chi connectivity index (χ3v) is 2.05. The first kappa shape index (κ1) is 11.3. The molecule has 0 fully saturated rings. The van der Waals surface area contributed by atoms with Crippen LogP contribution in [0.1, 0.15) is 19.6 Å². The second-order valence-corrected chi connectivity index (χ2v) is 2.97. The van der Waals surface area contributed by atoms with Crippen LogP contribution in [-0.2, 0) is 0 Å². The van der Waals surface area contributed by atoms with Crippen LogP contribution < -0.4 is 0 Å². The smallest absolute Gasteiger partial charge is 0.401 e.